The number of benzene rings is 1. The average Bonchev–Trinajstić information content (AvgIpc) is 2.75. The van der Waals surface area contributed by atoms with Crippen molar-refractivity contribution in [1.29, 1.82) is 0 Å². The number of para-hydroxylation sites is 1. The highest BCUT2D eigenvalue weighted by atomic mass is 16.3. The van der Waals surface area contributed by atoms with E-state index >= 15 is 0 Å². The second-order valence-corrected chi connectivity index (χ2v) is 5.25. The van der Waals surface area contributed by atoms with Crippen LogP contribution in [0.2, 0.25) is 0 Å². The number of rotatable bonds is 3. The maximum Gasteiger partial charge on any atom is 0.134 e. The largest absolute Gasteiger partial charge is 0.459 e. The van der Waals surface area contributed by atoms with Gasteiger partial charge in [-0.2, -0.15) is 0 Å². The molecule has 0 amide bonds. The summed E-state index contributed by atoms with van der Waals surface area (Å²) in [6.07, 6.45) is 3.45. The topological polar surface area (TPSA) is 42.4 Å². The minimum atomic E-state index is 0.537. The molecule has 0 saturated heterocycles. The van der Waals surface area contributed by atoms with E-state index in [1.54, 1.807) is 0 Å². The number of furan rings is 1. The van der Waals surface area contributed by atoms with Gasteiger partial charge >= 0.3 is 0 Å². The van der Waals surface area contributed by atoms with E-state index in [2.05, 4.69) is 24.0 Å². The molecule has 0 saturated carbocycles. The molecule has 0 fully saturated rings. The Balaban J connectivity index is 1.90. The first-order valence-corrected chi connectivity index (χ1v) is 6.85. The second kappa shape index (κ2) is 5.19. The van der Waals surface area contributed by atoms with Crippen LogP contribution in [0.1, 0.15) is 24.7 Å². The molecule has 0 bridgehead atoms. The quantitative estimate of drug-likeness (QED) is 0.858. The molecule has 1 aliphatic rings. The van der Waals surface area contributed by atoms with Gasteiger partial charge in [-0.1, -0.05) is 29.8 Å². The van der Waals surface area contributed by atoms with Crippen molar-refractivity contribution in [3.63, 3.8) is 0 Å². The molecule has 3 heteroatoms. The third-order valence-corrected chi connectivity index (χ3v) is 3.76. The van der Waals surface area contributed by atoms with Crippen LogP contribution in [0.25, 0.3) is 11.0 Å². The molecule has 3 rings (SSSR count). The van der Waals surface area contributed by atoms with Gasteiger partial charge in [0.25, 0.3) is 0 Å². The van der Waals surface area contributed by atoms with E-state index < -0.39 is 0 Å². The van der Waals surface area contributed by atoms with Crippen molar-refractivity contribution >= 4 is 11.0 Å². The lowest BCUT2D eigenvalue weighted by molar-refractivity contribution is 0.259. The molecule has 2 heterocycles. The van der Waals surface area contributed by atoms with E-state index in [4.69, 9.17) is 10.2 Å². The van der Waals surface area contributed by atoms with E-state index in [1.165, 1.54) is 5.57 Å². The monoisotopic (exact) mass is 256 g/mol. The van der Waals surface area contributed by atoms with Gasteiger partial charge in [0.1, 0.15) is 11.3 Å². The summed E-state index contributed by atoms with van der Waals surface area (Å²) in [6, 6.07) is 8.14. The highest BCUT2D eigenvalue weighted by Gasteiger charge is 2.17. The molecule has 2 N–H and O–H groups in total. The summed E-state index contributed by atoms with van der Waals surface area (Å²) in [6.45, 7) is 5.70. The van der Waals surface area contributed by atoms with Gasteiger partial charge in [-0.05, 0) is 19.4 Å². The summed E-state index contributed by atoms with van der Waals surface area (Å²) in [5.74, 6) is 1.03. The average molecular weight is 256 g/mol. The van der Waals surface area contributed by atoms with Crippen molar-refractivity contribution in [3.05, 3.63) is 47.2 Å². The van der Waals surface area contributed by atoms with Crippen LogP contribution in [0.5, 0.6) is 0 Å². The van der Waals surface area contributed by atoms with Crippen LogP contribution in [0.15, 0.2) is 40.3 Å². The third kappa shape index (κ3) is 2.44. The van der Waals surface area contributed by atoms with Gasteiger partial charge in [-0.15, -0.1) is 0 Å². The van der Waals surface area contributed by atoms with Gasteiger partial charge in [0.2, 0.25) is 0 Å². The van der Waals surface area contributed by atoms with Crippen molar-refractivity contribution < 1.29 is 4.42 Å². The summed E-state index contributed by atoms with van der Waals surface area (Å²) in [5, 5.41) is 1.16. The molecule has 0 radical (unpaired) electrons. The van der Waals surface area contributed by atoms with E-state index in [0.29, 0.717) is 6.54 Å². The van der Waals surface area contributed by atoms with Crippen LogP contribution >= 0.6 is 0 Å². The fraction of sp³-hybridized carbons (Fsp3) is 0.375. The molecule has 3 nitrogen and oxygen atoms in total. The highest BCUT2D eigenvalue weighted by Crippen LogP contribution is 2.27. The Hall–Kier alpha value is -1.58. The Morgan fingerprint density at radius 1 is 1.32 bits per heavy atom. The smallest absolute Gasteiger partial charge is 0.134 e. The minimum Gasteiger partial charge on any atom is -0.459 e. The molecular formula is C16H20N2O. The number of fused-ring (bicyclic) bond motifs is 1. The van der Waals surface area contributed by atoms with E-state index in [1.807, 2.05) is 18.2 Å². The van der Waals surface area contributed by atoms with Crippen molar-refractivity contribution in [2.24, 2.45) is 5.73 Å². The summed E-state index contributed by atoms with van der Waals surface area (Å²) in [5.41, 5.74) is 9.45. The lowest BCUT2D eigenvalue weighted by atomic mass is 10.1. The molecule has 0 unspecified atom stereocenters. The number of hydrogen-bond donors (Lipinski definition) is 1. The third-order valence-electron chi connectivity index (χ3n) is 3.76. The summed E-state index contributed by atoms with van der Waals surface area (Å²) in [4.78, 5) is 2.42. The Morgan fingerprint density at radius 3 is 2.95 bits per heavy atom. The zero-order valence-corrected chi connectivity index (χ0v) is 11.4. The van der Waals surface area contributed by atoms with Crippen LogP contribution in [0, 0.1) is 0 Å². The fourth-order valence-corrected chi connectivity index (χ4v) is 2.83. The maximum atomic E-state index is 5.99. The SMILES string of the molecule is CC1=CCCN(Cc2oc3ccccc3c2CN)C1. The molecular weight excluding hydrogens is 236 g/mol. The molecule has 1 aromatic heterocycles. The second-order valence-electron chi connectivity index (χ2n) is 5.25. The standard InChI is InChI=1S/C16H20N2O/c1-12-5-4-8-18(10-12)11-16-14(9-17)13-6-2-3-7-15(13)19-16/h2-3,5-7H,4,8-11,17H2,1H3. The first-order valence-electron chi connectivity index (χ1n) is 6.85. The Morgan fingerprint density at radius 2 is 2.16 bits per heavy atom. The Kier molecular flexibility index (Phi) is 3.40. The van der Waals surface area contributed by atoms with E-state index in [0.717, 1.165) is 48.3 Å². The van der Waals surface area contributed by atoms with Crippen molar-refractivity contribution in [1.82, 2.24) is 4.90 Å². The van der Waals surface area contributed by atoms with Crippen LogP contribution in [0.3, 0.4) is 0 Å². The van der Waals surface area contributed by atoms with Crippen molar-refractivity contribution in [2.75, 3.05) is 13.1 Å². The van der Waals surface area contributed by atoms with Gasteiger partial charge in [-0.3, -0.25) is 4.90 Å². The van der Waals surface area contributed by atoms with Gasteiger partial charge in [0.15, 0.2) is 0 Å². The molecule has 1 aliphatic heterocycles. The first-order chi connectivity index (χ1) is 9.28. The summed E-state index contributed by atoms with van der Waals surface area (Å²) >= 11 is 0. The van der Waals surface area contributed by atoms with Crippen LogP contribution in [-0.4, -0.2) is 18.0 Å². The highest BCUT2D eigenvalue weighted by molar-refractivity contribution is 5.82. The number of nitrogens with zero attached hydrogens (tertiary/aromatic N) is 1. The lowest BCUT2D eigenvalue weighted by Gasteiger charge is -2.25. The zero-order valence-electron chi connectivity index (χ0n) is 11.4. The fourth-order valence-electron chi connectivity index (χ4n) is 2.83. The van der Waals surface area contributed by atoms with Crippen molar-refractivity contribution in [3.8, 4) is 0 Å². The van der Waals surface area contributed by atoms with E-state index in [-0.39, 0.29) is 0 Å². The molecule has 0 spiro atoms. The van der Waals surface area contributed by atoms with Gasteiger partial charge in [0.05, 0.1) is 6.54 Å². The van der Waals surface area contributed by atoms with Crippen LogP contribution < -0.4 is 5.73 Å². The lowest BCUT2D eigenvalue weighted by Crippen LogP contribution is -2.29. The summed E-state index contributed by atoms with van der Waals surface area (Å²) in [7, 11) is 0. The van der Waals surface area contributed by atoms with Gasteiger partial charge in [0, 0.05) is 30.6 Å². The zero-order chi connectivity index (χ0) is 13.2. The Bertz CT molecular complexity index is 612. The predicted molar refractivity (Wildman–Crippen MR) is 77.8 cm³/mol. The first kappa shape index (κ1) is 12.5. The van der Waals surface area contributed by atoms with Gasteiger partial charge < -0.3 is 10.2 Å². The van der Waals surface area contributed by atoms with Gasteiger partial charge in [-0.25, -0.2) is 0 Å². The molecule has 0 atom stereocenters. The number of nitrogens with two attached hydrogens (primary N) is 1. The predicted octanol–water partition coefficient (Wildman–Crippen LogP) is 3.04. The molecule has 0 aliphatic carbocycles. The normalized spacial score (nSPS) is 16.8. The van der Waals surface area contributed by atoms with Crippen LogP contribution in [-0.2, 0) is 13.1 Å². The molecule has 100 valence electrons. The van der Waals surface area contributed by atoms with Crippen LogP contribution in [0.4, 0.5) is 0 Å². The van der Waals surface area contributed by atoms with E-state index in [9.17, 15) is 0 Å². The molecule has 2 aromatic rings. The minimum absolute atomic E-state index is 0.537. The summed E-state index contributed by atoms with van der Waals surface area (Å²) < 4.78 is 5.99. The van der Waals surface area contributed by atoms with Crippen molar-refractivity contribution in [2.45, 2.75) is 26.4 Å². The molecule has 1 aromatic carbocycles. The Labute approximate surface area is 113 Å². The number of hydrogen-bond acceptors (Lipinski definition) is 3. The molecule has 19 heavy (non-hydrogen) atoms. The maximum absolute atomic E-state index is 5.99.